The van der Waals surface area contributed by atoms with Crippen LogP contribution in [-0.2, 0) is 9.53 Å². The molecule has 1 aliphatic rings. The zero-order valence-corrected chi connectivity index (χ0v) is 25.2. The summed E-state index contributed by atoms with van der Waals surface area (Å²) in [6, 6.07) is 18.9. The maximum Gasteiger partial charge on any atom is 0.410 e. The first kappa shape index (κ1) is 30.4. The Morgan fingerprint density at radius 1 is 1.02 bits per heavy atom. The molecule has 1 atom stereocenters. The number of carbonyl (C=O) groups excluding carboxylic acids is 2. The van der Waals surface area contributed by atoms with Crippen LogP contribution >= 0.6 is 0 Å². The number of aromatic nitrogens is 1. The SMILES string of the molecule is CN(C)/C=N/c1nccc(N(C=O)C2CCCN(C(=O)OC(C)(C)C)C2)c1N(C)c1ccc(Oc2ccccc2)cc1. The molecule has 0 bridgehead atoms. The van der Waals surface area contributed by atoms with Crippen LogP contribution in [0.3, 0.4) is 0 Å². The van der Waals surface area contributed by atoms with Gasteiger partial charge in [0.05, 0.1) is 18.1 Å². The van der Waals surface area contributed by atoms with Crippen molar-refractivity contribution in [3.63, 3.8) is 0 Å². The molecule has 3 aromatic rings. The molecular formula is C32H40N6O4. The molecule has 1 aromatic heterocycles. The molecule has 0 saturated carbocycles. The number of hydrogen-bond acceptors (Lipinski definition) is 7. The second-order valence-corrected chi connectivity index (χ2v) is 11.4. The smallest absolute Gasteiger partial charge is 0.410 e. The molecule has 4 rings (SSSR count). The molecule has 2 aromatic carbocycles. The summed E-state index contributed by atoms with van der Waals surface area (Å²) in [7, 11) is 5.68. The summed E-state index contributed by atoms with van der Waals surface area (Å²) in [5, 5.41) is 0. The van der Waals surface area contributed by atoms with E-state index in [0.29, 0.717) is 36.0 Å². The first-order chi connectivity index (χ1) is 20.1. The molecule has 1 unspecified atom stereocenters. The fraction of sp³-hybridized carbons (Fsp3) is 0.375. The Labute approximate surface area is 248 Å². The van der Waals surface area contributed by atoms with Crippen LogP contribution in [0.4, 0.5) is 27.7 Å². The number of piperidine rings is 1. The van der Waals surface area contributed by atoms with Crippen molar-refractivity contribution in [2.24, 2.45) is 4.99 Å². The second kappa shape index (κ2) is 13.4. The van der Waals surface area contributed by atoms with Gasteiger partial charge >= 0.3 is 6.09 Å². The highest BCUT2D eigenvalue weighted by Crippen LogP contribution is 2.41. The highest BCUT2D eigenvalue weighted by atomic mass is 16.6. The van der Waals surface area contributed by atoms with Gasteiger partial charge in [-0.3, -0.25) is 4.79 Å². The number of anilines is 3. The summed E-state index contributed by atoms with van der Waals surface area (Å²) < 4.78 is 11.6. The molecule has 42 heavy (non-hydrogen) atoms. The lowest BCUT2D eigenvalue weighted by molar-refractivity contribution is -0.108. The molecule has 10 heteroatoms. The summed E-state index contributed by atoms with van der Waals surface area (Å²) in [5.74, 6) is 1.91. The largest absolute Gasteiger partial charge is 0.457 e. The average Bonchev–Trinajstić information content (AvgIpc) is 2.96. The molecule has 10 nitrogen and oxygen atoms in total. The number of ether oxygens (including phenoxy) is 2. The van der Waals surface area contributed by atoms with E-state index in [1.165, 1.54) is 0 Å². The Morgan fingerprint density at radius 3 is 2.36 bits per heavy atom. The van der Waals surface area contributed by atoms with Gasteiger partial charge in [-0.25, -0.2) is 14.8 Å². The fourth-order valence-corrected chi connectivity index (χ4v) is 4.73. The third-order valence-corrected chi connectivity index (χ3v) is 6.67. The first-order valence-corrected chi connectivity index (χ1v) is 14.0. The van der Waals surface area contributed by atoms with Gasteiger partial charge in [0.1, 0.15) is 22.8 Å². The molecule has 1 aliphatic heterocycles. The van der Waals surface area contributed by atoms with Gasteiger partial charge in [0.15, 0.2) is 5.82 Å². The molecule has 0 spiro atoms. The van der Waals surface area contributed by atoms with E-state index in [4.69, 9.17) is 9.47 Å². The van der Waals surface area contributed by atoms with Crippen molar-refractivity contribution in [1.29, 1.82) is 0 Å². The fourth-order valence-electron chi connectivity index (χ4n) is 4.73. The van der Waals surface area contributed by atoms with Gasteiger partial charge < -0.3 is 29.1 Å². The Hall–Kier alpha value is -4.60. The predicted molar refractivity (Wildman–Crippen MR) is 166 cm³/mol. The van der Waals surface area contributed by atoms with E-state index in [0.717, 1.165) is 30.7 Å². The zero-order chi connectivity index (χ0) is 30.3. The quantitative estimate of drug-likeness (QED) is 0.171. The van der Waals surface area contributed by atoms with Crippen LogP contribution in [0.1, 0.15) is 33.6 Å². The lowest BCUT2D eigenvalue weighted by atomic mass is 10.0. The number of nitrogens with zero attached hydrogens (tertiary/aromatic N) is 6. The molecular weight excluding hydrogens is 532 g/mol. The number of rotatable bonds is 9. The van der Waals surface area contributed by atoms with Crippen molar-refractivity contribution in [2.45, 2.75) is 45.3 Å². The van der Waals surface area contributed by atoms with Gasteiger partial charge in [0.2, 0.25) is 6.41 Å². The van der Waals surface area contributed by atoms with Crippen LogP contribution in [0.5, 0.6) is 11.5 Å². The van der Waals surface area contributed by atoms with Crippen molar-refractivity contribution in [3.05, 3.63) is 66.9 Å². The Bertz CT molecular complexity index is 1370. The molecule has 0 radical (unpaired) electrons. The van der Waals surface area contributed by atoms with Crippen molar-refractivity contribution < 1.29 is 19.1 Å². The van der Waals surface area contributed by atoms with Crippen LogP contribution < -0.4 is 14.5 Å². The van der Waals surface area contributed by atoms with E-state index in [2.05, 4.69) is 9.98 Å². The van der Waals surface area contributed by atoms with Crippen LogP contribution in [0.25, 0.3) is 0 Å². The first-order valence-electron chi connectivity index (χ1n) is 14.0. The van der Waals surface area contributed by atoms with Crippen molar-refractivity contribution in [3.8, 4) is 11.5 Å². The molecule has 1 saturated heterocycles. The Morgan fingerprint density at radius 2 is 1.71 bits per heavy atom. The molecule has 2 heterocycles. The highest BCUT2D eigenvalue weighted by Gasteiger charge is 2.32. The number of carbonyl (C=O) groups is 2. The summed E-state index contributed by atoms with van der Waals surface area (Å²) in [5.41, 5.74) is 1.56. The van der Waals surface area contributed by atoms with Crippen LogP contribution in [-0.4, -0.2) is 79.5 Å². The third-order valence-electron chi connectivity index (χ3n) is 6.67. The van der Waals surface area contributed by atoms with E-state index in [9.17, 15) is 9.59 Å². The third kappa shape index (κ3) is 7.78. The highest BCUT2D eigenvalue weighted by molar-refractivity contribution is 5.92. The van der Waals surface area contributed by atoms with Crippen molar-refractivity contribution in [2.75, 3.05) is 44.0 Å². The van der Waals surface area contributed by atoms with Crippen molar-refractivity contribution in [1.82, 2.24) is 14.8 Å². The van der Waals surface area contributed by atoms with E-state index in [-0.39, 0.29) is 12.1 Å². The minimum absolute atomic E-state index is 0.245. The van der Waals surface area contributed by atoms with Gasteiger partial charge in [-0.1, -0.05) is 18.2 Å². The number of benzene rings is 2. The van der Waals surface area contributed by atoms with E-state index in [1.54, 1.807) is 22.3 Å². The number of aliphatic imine (C=N–C) groups is 1. The molecule has 1 fully saturated rings. The number of likely N-dealkylation sites (tertiary alicyclic amines) is 1. The van der Waals surface area contributed by atoms with Crippen LogP contribution in [0, 0.1) is 0 Å². The molecule has 222 valence electrons. The van der Waals surface area contributed by atoms with E-state index >= 15 is 0 Å². The minimum Gasteiger partial charge on any atom is -0.457 e. The van der Waals surface area contributed by atoms with Gasteiger partial charge in [0, 0.05) is 46.1 Å². The van der Waals surface area contributed by atoms with E-state index in [1.807, 2.05) is 112 Å². The number of hydrogen-bond donors (Lipinski definition) is 0. The summed E-state index contributed by atoms with van der Waals surface area (Å²) in [6.45, 7) is 6.48. The summed E-state index contributed by atoms with van der Waals surface area (Å²) >= 11 is 0. The average molecular weight is 573 g/mol. The van der Waals surface area contributed by atoms with Crippen molar-refractivity contribution >= 4 is 41.7 Å². The van der Waals surface area contributed by atoms with Gasteiger partial charge in [-0.15, -0.1) is 0 Å². The van der Waals surface area contributed by atoms with E-state index < -0.39 is 5.60 Å². The zero-order valence-electron chi connectivity index (χ0n) is 25.2. The molecule has 2 amide bonds. The van der Waals surface area contributed by atoms with Crippen LogP contribution in [0.2, 0.25) is 0 Å². The van der Waals surface area contributed by atoms with Crippen LogP contribution in [0.15, 0.2) is 71.9 Å². The second-order valence-electron chi connectivity index (χ2n) is 11.4. The van der Waals surface area contributed by atoms with Gasteiger partial charge in [-0.2, -0.15) is 0 Å². The number of para-hydroxylation sites is 1. The maximum atomic E-state index is 12.9. The monoisotopic (exact) mass is 572 g/mol. The lowest BCUT2D eigenvalue weighted by Gasteiger charge is -2.39. The maximum absolute atomic E-state index is 12.9. The predicted octanol–water partition coefficient (Wildman–Crippen LogP) is 6.23. The minimum atomic E-state index is -0.601. The normalized spacial score (nSPS) is 15.3. The Kier molecular flexibility index (Phi) is 9.67. The number of pyridine rings is 1. The van der Waals surface area contributed by atoms with Gasteiger partial charge in [0.25, 0.3) is 0 Å². The molecule has 0 aliphatic carbocycles. The summed E-state index contributed by atoms with van der Waals surface area (Å²) in [6.07, 6.45) is 5.27. The number of amides is 2. The Balaban J connectivity index is 1.67. The topological polar surface area (TPSA) is 90.8 Å². The summed E-state index contributed by atoms with van der Waals surface area (Å²) in [4.78, 5) is 41.9. The standard InChI is InChI=1S/C32H40N6O4/c1-32(2,3)42-31(40)37-20-10-11-25(21-37)38(23-39)28-18-19-33-30(34-22-35(4)5)29(28)36(6)24-14-16-27(17-15-24)41-26-12-8-7-9-13-26/h7-9,12-19,22-23,25H,10-11,20-21H2,1-6H3/b34-22+. The molecule has 0 N–H and O–H groups in total. The van der Waals surface area contributed by atoms with Gasteiger partial charge in [-0.05, 0) is 76.1 Å². The lowest BCUT2D eigenvalue weighted by Crippen LogP contribution is -2.51.